The van der Waals surface area contributed by atoms with Gasteiger partial charge < -0.3 is 9.84 Å². The number of aryl methyl sites for hydroxylation is 1. The zero-order chi connectivity index (χ0) is 22.7. The molecule has 1 fully saturated rings. The minimum Gasteiger partial charge on any atom is -0.338 e. The highest BCUT2D eigenvalue weighted by atomic mass is 35.5. The Bertz CT molecular complexity index is 1140. The van der Waals surface area contributed by atoms with Gasteiger partial charge in [0, 0.05) is 23.6 Å². The Morgan fingerprint density at radius 3 is 2.78 bits per heavy atom. The Hall–Kier alpha value is -3.30. The van der Waals surface area contributed by atoms with Crippen molar-refractivity contribution >= 4 is 28.9 Å². The third kappa shape index (κ3) is 5.12. The minimum atomic E-state index is -0.521. The predicted molar refractivity (Wildman–Crippen MR) is 119 cm³/mol. The fourth-order valence-electron chi connectivity index (χ4n) is 3.72. The number of hydrogen-bond donors (Lipinski definition) is 1. The van der Waals surface area contributed by atoms with E-state index < -0.39 is 4.92 Å². The summed E-state index contributed by atoms with van der Waals surface area (Å²) in [7, 11) is 0. The summed E-state index contributed by atoms with van der Waals surface area (Å²) in [5.41, 5.74) is 2.17. The maximum Gasteiger partial charge on any atom is 0.271 e. The molecule has 1 amide bonds. The van der Waals surface area contributed by atoms with Crippen LogP contribution in [0.25, 0.3) is 11.4 Å². The number of rotatable bonds is 6. The Balaban J connectivity index is 1.31. The van der Waals surface area contributed by atoms with Crippen LogP contribution in [0.15, 0.2) is 47.0 Å². The molecule has 2 heterocycles. The van der Waals surface area contributed by atoms with E-state index in [9.17, 15) is 14.9 Å². The van der Waals surface area contributed by atoms with Crippen LogP contribution in [-0.4, -0.2) is 39.0 Å². The standard InChI is InChI=1S/C22H22ClN5O4/c1-14-3-2-4-16(11-14)21-25-20(32-26-21)13-27-9-7-15(8-10-27)22(29)24-19-12-17(28(30)31)5-6-18(19)23/h2-6,11-12,15H,7-10,13H2,1H3,(H,24,29). The van der Waals surface area contributed by atoms with Crippen molar-refractivity contribution in [1.29, 1.82) is 0 Å². The summed E-state index contributed by atoms with van der Waals surface area (Å²) in [6.07, 6.45) is 1.30. The summed E-state index contributed by atoms with van der Waals surface area (Å²) in [5.74, 6) is 0.707. The number of carbonyl (C=O) groups excluding carboxylic acids is 1. The first-order valence-corrected chi connectivity index (χ1v) is 10.6. The molecule has 0 unspecified atom stereocenters. The highest BCUT2D eigenvalue weighted by Gasteiger charge is 2.27. The van der Waals surface area contributed by atoms with E-state index in [1.807, 2.05) is 31.2 Å². The van der Waals surface area contributed by atoms with Crippen molar-refractivity contribution in [1.82, 2.24) is 15.0 Å². The summed E-state index contributed by atoms with van der Waals surface area (Å²) < 4.78 is 5.41. The molecule has 1 saturated heterocycles. The molecule has 0 bridgehead atoms. The van der Waals surface area contributed by atoms with Gasteiger partial charge in [-0.2, -0.15) is 4.98 Å². The Labute approximate surface area is 189 Å². The van der Waals surface area contributed by atoms with Gasteiger partial charge in [0.15, 0.2) is 0 Å². The number of nitrogens with zero attached hydrogens (tertiary/aromatic N) is 4. The van der Waals surface area contributed by atoms with Gasteiger partial charge in [-0.25, -0.2) is 0 Å². The quantitative estimate of drug-likeness (QED) is 0.431. The molecular formula is C22H22ClN5O4. The van der Waals surface area contributed by atoms with Crippen molar-refractivity contribution in [3.05, 3.63) is 69.1 Å². The molecule has 0 aliphatic carbocycles. The van der Waals surface area contributed by atoms with Crippen molar-refractivity contribution in [3.8, 4) is 11.4 Å². The molecule has 0 spiro atoms. The molecule has 1 aromatic heterocycles. The zero-order valence-corrected chi connectivity index (χ0v) is 18.2. The second-order valence-electron chi connectivity index (χ2n) is 7.84. The normalized spacial score (nSPS) is 14.9. The van der Waals surface area contributed by atoms with Crippen molar-refractivity contribution in [3.63, 3.8) is 0 Å². The number of nitro groups is 1. The lowest BCUT2D eigenvalue weighted by molar-refractivity contribution is -0.384. The third-order valence-electron chi connectivity index (χ3n) is 5.48. The molecule has 1 N–H and O–H groups in total. The molecule has 32 heavy (non-hydrogen) atoms. The molecule has 4 rings (SSSR count). The molecule has 1 aliphatic rings. The highest BCUT2D eigenvalue weighted by molar-refractivity contribution is 6.33. The summed E-state index contributed by atoms with van der Waals surface area (Å²) in [4.78, 5) is 29.7. The molecule has 1 aliphatic heterocycles. The minimum absolute atomic E-state index is 0.121. The van der Waals surface area contributed by atoms with Gasteiger partial charge in [0.05, 0.1) is 22.2 Å². The molecule has 10 heteroatoms. The Morgan fingerprint density at radius 1 is 1.28 bits per heavy atom. The molecule has 0 radical (unpaired) electrons. The van der Waals surface area contributed by atoms with Crippen LogP contribution in [0.2, 0.25) is 5.02 Å². The smallest absolute Gasteiger partial charge is 0.271 e. The summed E-state index contributed by atoms with van der Waals surface area (Å²) in [6, 6.07) is 11.9. The van der Waals surface area contributed by atoms with Crippen molar-refractivity contribution in [2.75, 3.05) is 18.4 Å². The van der Waals surface area contributed by atoms with Crippen LogP contribution in [0.5, 0.6) is 0 Å². The Morgan fingerprint density at radius 2 is 2.06 bits per heavy atom. The largest absolute Gasteiger partial charge is 0.338 e. The number of hydrogen-bond acceptors (Lipinski definition) is 7. The van der Waals surface area contributed by atoms with Gasteiger partial charge >= 0.3 is 0 Å². The summed E-state index contributed by atoms with van der Waals surface area (Å²) in [6.45, 7) is 3.92. The topological polar surface area (TPSA) is 114 Å². The average molecular weight is 456 g/mol. The number of nitro benzene ring substituents is 1. The van der Waals surface area contributed by atoms with Crippen LogP contribution < -0.4 is 5.32 Å². The number of benzene rings is 2. The highest BCUT2D eigenvalue weighted by Crippen LogP contribution is 2.28. The first-order chi connectivity index (χ1) is 15.4. The van der Waals surface area contributed by atoms with Crippen LogP contribution in [0, 0.1) is 23.0 Å². The van der Waals surface area contributed by atoms with Crippen LogP contribution in [-0.2, 0) is 11.3 Å². The van der Waals surface area contributed by atoms with Gasteiger partial charge in [-0.3, -0.25) is 19.8 Å². The van der Waals surface area contributed by atoms with E-state index >= 15 is 0 Å². The van der Waals surface area contributed by atoms with Crippen LogP contribution in [0.3, 0.4) is 0 Å². The molecule has 9 nitrogen and oxygen atoms in total. The second-order valence-corrected chi connectivity index (χ2v) is 8.25. The number of nitrogens with one attached hydrogen (secondary N) is 1. The number of non-ortho nitro benzene ring substituents is 1. The number of piperidine rings is 1. The molecular weight excluding hydrogens is 434 g/mol. The summed E-state index contributed by atoms with van der Waals surface area (Å²) in [5, 5.41) is 18.0. The fraction of sp³-hybridized carbons (Fsp3) is 0.318. The number of halogens is 1. The number of anilines is 1. The molecule has 0 saturated carbocycles. The van der Waals surface area contributed by atoms with E-state index in [4.69, 9.17) is 16.1 Å². The maximum absolute atomic E-state index is 12.7. The molecule has 2 aromatic carbocycles. The van der Waals surface area contributed by atoms with Crippen molar-refractivity contribution in [2.24, 2.45) is 5.92 Å². The van der Waals surface area contributed by atoms with Crippen LogP contribution in [0.4, 0.5) is 11.4 Å². The van der Waals surface area contributed by atoms with Gasteiger partial charge in [0.25, 0.3) is 5.69 Å². The van der Waals surface area contributed by atoms with E-state index in [1.54, 1.807) is 0 Å². The van der Waals surface area contributed by atoms with Gasteiger partial charge in [-0.1, -0.05) is 40.5 Å². The predicted octanol–water partition coefficient (Wildman–Crippen LogP) is 4.46. The van der Waals surface area contributed by atoms with Gasteiger partial charge in [-0.05, 0) is 45.0 Å². The SMILES string of the molecule is Cc1cccc(-c2noc(CN3CCC(C(=O)Nc4cc([N+](=O)[O-])ccc4Cl)CC3)n2)c1. The first kappa shape index (κ1) is 21.9. The van der Waals surface area contributed by atoms with Crippen LogP contribution >= 0.6 is 11.6 Å². The number of amides is 1. The molecule has 0 atom stereocenters. The lowest BCUT2D eigenvalue weighted by Gasteiger charge is -2.30. The van der Waals surface area contributed by atoms with Gasteiger partial charge in [0.2, 0.25) is 17.6 Å². The van der Waals surface area contributed by atoms with Gasteiger partial charge in [-0.15, -0.1) is 0 Å². The second kappa shape index (κ2) is 9.46. The Kier molecular flexibility index (Phi) is 6.48. The first-order valence-electron chi connectivity index (χ1n) is 10.3. The molecule has 3 aromatic rings. The molecule has 166 valence electrons. The number of aromatic nitrogens is 2. The lowest BCUT2D eigenvalue weighted by Crippen LogP contribution is -2.37. The van der Waals surface area contributed by atoms with Crippen LogP contribution in [0.1, 0.15) is 24.3 Å². The zero-order valence-electron chi connectivity index (χ0n) is 17.5. The lowest BCUT2D eigenvalue weighted by atomic mass is 9.96. The van der Waals surface area contributed by atoms with Gasteiger partial charge in [0.1, 0.15) is 0 Å². The van der Waals surface area contributed by atoms with E-state index in [1.165, 1.54) is 18.2 Å². The monoisotopic (exact) mass is 455 g/mol. The van der Waals surface area contributed by atoms with Crippen molar-refractivity contribution < 1.29 is 14.2 Å². The van der Waals surface area contributed by atoms with E-state index in [0.717, 1.165) is 11.1 Å². The van der Waals surface area contributed by atoms with E-state index in [2.05, 4.69) is 20.4 Å². The average Bonchev–Trinajstić information content (AvgIpc) is 3.24. The third-order valence-corrected chi connectivity index (χ3v) is 5.81. The number of carbonyl (C=O) groups is 1. The summed E-state index contributed by atoms with van der Waals surface area (Å²) >= 11 is 6.08. The van der Waals surface area contributed by atoms with E-state index in [0.29, 0.717) is 44.2 Å². The maximum atomic E-state index is 12.7. The van der Waals surface area contributed by atoms with Crippen molar-refractivity contribution in [2.45, 2.75) is 26.3 Å². The fourth-order valence-corrected chi connectivity index (χ4v) is 3.89. The number of likely N-dealkylation sites (tertiary alicyclic amines) is 1. The van der Waals surface area contributed by atoms with E-state index in [-0.39, 0.29) is 28.2 Å².